The Balaban J connectivity index is 2.05. The summed E-state index contributed by atoms with van der Waals surface area (Å²) in [6.07, 6.45) is 0.202. The normalized spacial score (nSPS) is 10.6. The third-order valence-corrected chi connectivity index (χ3v) is 2.90. The van der Waals surface area contributed by atoms with Gasteiger partial charge in [-0.1, -0.05) is 6.07 Å². The van der Waals surface area contributed by atoms with Crippen LogP contribution in [0.1, 0.15) is 17.5 Å². The van der Waals surface area contributed by atoms with E-state index < -0.39 is 0 Å². The van der Waals surface area contributed by atoms with Crippen molar-refractivity contribution in [1.29, 1.82) is 0 Å². The molecule has 0 fully saturated rings. The third kappa shape index (κ3) is 8.80. The van der Waals surface area contributed by atoms with Crippen LogP contribution in [0.2, 0.25) is 0 Å². The lowest BCUT2D eigenvalue weighted by Gasteiger charge is -2.10. The molecular weight excluding hydrogens is 320 g/mol. The maximum absolute atomic E-state index is 10.8. The van der Waals surface area contributed by atoms with Gasteiger partial charge >= 0.3 is 5.97 Å². The smallest absolute Gasteiger partial charge is 0.307 e. The number of ether oxygens (including phenoxy) is 3. The Kier molecular flexibility index (Phi) is 10.7. The molecule has 0 unspecified atom stereocenters. The van der Waals surface area contributed by atoms with Gasteiger partial charge in [0.1, 0.15) is 25.6 Å². The van der Waals surface area contributed by atoms with Crippen LogP contribution < -0.4 is 4.74 Å². The van der Waals surface area contributed by atoms with Crippen LogP contribution in [-0.4, -0.2) is 56.3 Å². The standard InChI is InChI=1S/C16H24O8/c1-20-16(19)2-3-21-4-6-23-24-7-5-22-15-9-13(11-17)8-14(10-15)12-18/h8-10,17-18H,2-7,11-12H2,1H3. The first-order chi connectivity index (χ1) is 11.7. The van der Waals surface area contributed by atoms with Crippen LogP contribution in [0.3, 0.4) is 0 Å². The lowest BCUT2D eigenvalue weighted by molar-refractivity contribution is -0.301. The summed E-state index contributed by atoms with van der Waals surface area (Å²) in [7, 11) is 1.33. The van der Waals surface area contributed by atoms with Gasteiger partial charge in [0.05, 0.1) is 40.0 Å². The molecule has 0 radical (unpaired) electrons. The maximum Gasteiger partial charge on any atom is 0.307 e. The first-order valence-corrected chi connectivity index (χ1v) is 7.56. The quantitative estimate of drug-likeness (QED) is 0.232. The van der Waals surface area contributed by atoms with Crippen molar-refractivity contribution in [1.82, 2.24) is 0 Å². The molecule has 24 heavy (non-hydrogen) atoms. The summed E-state index contributed by atoms with van der Waals surface area (Å²) in [6, 6.07) is 5.08. The van der Waals surface area contributed by atoms with Crippen molar-refractivity contribution >= 4 is 5.97 Å². The van der Waals surface area contributed by atoms with Gasteiger partial charge in [-0.3, -0.25) is 4.79 Å². The molecule has 0 amide bonds. The zero-order chi connectivity index (χ0) is 17.6. The van der Waals surface area contributed by atoms with Gasteiger partial charge in [0.15, 0.2) is 0 Å². The van der Waals surface area contributed by atoms with Gasteiger partial charge in [-0.05, 0) is 23.3 Å². The number of esters is 1. The Hall–Kier alpha value is -1.71. The molecule has 1 rings (SSSR count). The molecule has 0 saturated carbocycles. The fourth-order valence-electron chi connectivity index (χ4n) is 1.76. The van der Waals surface area contributed by atoms with Gasteiger partial charge in [0.2, 0.25) is 0 Å². The van der Waals surface area contributed by atoms with Crippen LogP contribution in [0.4, 0.5) is 0 Å². The van der Waals surface area contributed by atoms with Gasteiger partial charge < -0.3 is 24.4 Å². The fourth-order valence-corrected chi connectivity index (χ4v) is 1.76. The first kappa shape index (κ1) is 20.3. The van der Waals surface area contributed by atoms with Crippen LogP contribution in [0.5, 0.6) is 5.75 Å². The van der Waals surface area contributed by atoms with E-state index >= 15 is 0 Å². The summed E-state index contributed by atoms with van der Waals surface area (Å²) in [5.74, 6) is 0.222. The van der Waals surface area contributed by atoms with Crippen molar-refractivity contribution < 1.29 is 39.0 Å². The summed E-state index contributed by atoms with van der Waals surface area (Å²) >= 11 is 0. The Morgan fingerprint density at radius 1 is 0.917 bits per heavy atom. The molecule has 1 aromatic rings. The Labute approximate surface area is 140 Å². The predicted molar refractivity (Wildman–Crippen MR) is 83.1 cm³/mol. The average Bonchev–Trinajstić information content (AvgIpc) is 2.62. The van der Waals surface area contributed by atoms with E-state index in [1.165, 1.54) is 7.11 Å². The van der Waals surface area contributed by atoms with E-state index in [2.05, 4.69) is 4.74 Å². The van der Waals surface area contributed by atoms with Crippen molar-refractivity contribution in [3.63, 3.8) is 0 Å². The number of rotatable bonds is 13. The van der Waals surface area contributed by atoms with Crippen molar-refractivity contribution in [2.24, 2.45) is 0 Å². The van der Waals surface area contributed by atoms with Gasteiger partial charge in [0, 0.05) is 0 Å². The highest BCUT2D eigenvalue weighted by molar-refractivity contribution is 5.69. The molecule has 0 bridgehead atoms. The number of hydrogen-bond donors (Lipinski definition) is 2. The SMILES string of the molecule is COC(=O)CCOCCOOCCOc1cc(CO)cc(CO)c1. The second-order valence-electron chi connectivity index (χ2n) is 4.73. The Morgan fingerprint density at radius 2 is 1.54 bits per heavy atom. The molecule has 1 aromatic carbocycles. The van der Waals surface area contributed by atoms with E-state index in [-0.39, 0.29) is 52.0 Å². The monoisotopic (exact) mass is 344 g/mol. The first-order valence-electron chi connectivity index (χ1n) is 7.56. The minimum Gasteiger partial charge on any atom is -0.491 e. The predicted octanol–water partition coefficient (Wildman–Crippen LogP) is 0.578. The number of carbonyl (C=O) groups is 1. The summed E-state index contributed by atoms with van der Waals surface area (Å²) in [6.45, 7) is 1.02. The van der Waals surface area contributed by atoms with Crippen LogP contribution in [-0.2, 0) is 37.3 Å². The molecule has 2 N–H and O–H groups in total. The Bertz CT molecular complexity index is 455. The third-order valence-electron chi connectivity index (χ3n) is 2.90. The molecule has 0 aliphatic carbocycles. The number of carbonyl (C=O) groups excluding carboxylic acids is 1. The molecular formula is C16H24O8. The molecule has 8 heteroatoms. The minimum atomic E-state index is -0.320. The summed E-state index contributed by atoms with van der Waals surface area (Å²) < 4.78 is 15.1. The van der Waals surface area contributed by atoms with Gasteiger partial charge in [-0.25, -0.2) is 9.78 Å². The number of aliphatic hydroxyl groups is 2. The lowest BCUT2D eigenvalue weighted by atomic mass is 10.1. The molecule has 8 nitrogen and oxygen atoms in total. The van der Waals surface area contributed by atoms with Crippen molar-refractivity contribution in [3.05, 3.63) is 29.3 Å². The van der Waals surface area contributed by atoms with E-state index in [0.29, 0.717) is 23.5 Å². The summed E-state index contributed by atoms with van der Waals surface area (Å²) in [4.78, 5) is 20.6. The van der Waals surface area contributed by atoms with Gasteiger partial charge in [-0.2, -0.15) is 0 Å². The van der Waals surface area contributed by atoms with Crippen molar-refractivity contribution in [2.75, 3.05) is 40.1 Å². The van der Waals surface area contributed by atoms with Crippen LogP contribution in [0, 0.1) is 0 Å². The van der Waals surface area contributed by atoms with E-state index in [4.69, 9.17) is 29.5 Å². The zero-order valence-electron chi connectivity index (χ0n) is 13.7. The zero-order valence-corrected chi connectivity index (χ0v) is 13.7. The number of aliphatic hydroxyl groups excluding tert-OH is 2. The van der Waals surface area contributed by atoms with Crippen molar-refractivity contribution in [3.8, 4) is 5.75 Å². The van der Waals surface area contributed by atoms with E-state index in [1.807, 2.05) is 0 Å². The molecule has 0 aromatic heterocycles. The topological polar surface area (TPSA) is 104 Å². The molecule has 136 valence electrons. The van der Waals surface area contributed by atoms with Gasteiger partial charge in [0.25, 0.3) is 0 Å². The second-order valence-corrected chi connectivity index (χ2v) is 4.73. The molecule has 0 atom stereocenters. The molecule has 0 heterocycles. The summed E-state index contributed by atoms with van der Waals surface area (Å²) in [5.41, 5.74) is 1.33. The van der Waals surface area contributed by atoms with Crippen LogP contribution >= 0.6 is 0 Å². The fraction of sp³-hybridized carbons (Fsp3) is 0.562. The molecule has 0 aliphatic heterocycles. The maximum atomic E-state index is 10.8. The molecule has 0 saturated heterocycles. The highest BCUT2D eigenvalue weighted by atomic mass is 17.2. The minimum absolute atomic E-state index is 0.125. The highest BCUT2D eigenvalue weighted by Gasteiger charge is 2.02. The molecule has 0 aliphatic rings. The highest BCUT2D eigenvalue weighted by Crippen LogP contribution is 2.17. The largest absolute Gasteiger partial charge is 0.491 e. The van der Waals surface area contributed by atoms with Crippen LogP contribution in [0.15, 0.2) is 18.2 Å². The Morgan fingerprint density at radius 3 is 2.12 bits per heavy atom. The van der Waals surface area contributed by atoms with Crippen molar-refractivity contribution in [2.45, 2.75) is 19.6 Å². The lowest BCUT2D eigenvalue weighted by Crippen LogP contribution is -2.12. The van der Waals surface area contributed by atoms with E-state index in [1.54, 1.807) is 18.2 Å². The number of benzene rings is 1. The second kappa shape index (κ2) is 12.7. The number of hydrogen-bond acceptors (Lipinski definition) is 8. The molecule has 0 spiro atoms. The van der Waals surface area contributed by atoms with E-state index in [9.17, 15) is 4.79 Å². The number of methoxy groups -OCH3 is 1. The average molecular weight is 344 g/mol. The summed E-state index contributed by atoms with van der Waals surface area (Å²) in [5, 5.41) is 18.3. The van der Waals surface area contributed by atoms with Crippen LogP contribution in [0.25, 0.3) is 0 Å². The van der Waals surface area contributed by atoms with E-state index in [0.717, 1.165) is 0 Å². The van der Waals surface area contributed by atoms with Gasteiger partial charge in [-0.15, -0.1) is 0 Å².